The zero-order chi connectivity index (χ0) is 15.4. The van der Waals surface area contributed by atoms with Crippen LogP contribution in [0.4, 0.5) is 21.5 Å². The normalized spacial score (nSPS) is 10.2. The van der Waals surface area contributed by atoms with Gasteiger partial charge in [0.25, 0.3) is 5.91 Å². The largest absolute Gasteiger partial charge is 0.491 e. The molecular weight excluding hydrogens is 273 g/mol. The highest BCUT2D eigenvalue weighted by atomic mass is 19.1. The Bertz CT molecular complexity index is 674. The van der Waals surface area contributed by atoms with Crippen molar-refractivity contribution in [1.29, 1.82) is 0 Å². The zero-order valence-corrected chi connectivity index (χ0v) is 11.5. The van der Waals surface area contributed by atoms with E-state index in [1.165, 1.54) is 18.2 Å². The van der Waals surface area contributed by atoms with Gasteiger partial charge >= 0.3 is 0 Å². The van der Waals surface area contributed by atoms with E-state index in [0.717, 1.165) is 0 Å². The third kappa shape index (κ3) is 3.42. The van der Waals surface area contributed by atoms with Gasteiger partial charge in [0.05, 0.1) is 17.9 Å². The Kier molecular flexibility index (Phi) is 4.27. The molecule has 5 nitrogen and oxygen atoms in total. The van der Waals surface area contributed by atoms with Gasteiger partial charge in [-0.1, -0.05) is 0 Å². The Morgan fingerprint density at radius 1 is 1.29 bits per heavy atom. The number of nitrogens with one attached hydrogen (secondary N) is 1. The molecule has 5 N–H and O–H groups in total. The van der Waals surface area contributed by atoms with Gasteiger partial charge in [-0.3, -0.25) is 4.79 Å². The number of ether oxygens (including phenoxy) is 1. The van der Waals surface area contributed by atoms with E-state index in [-0.39, 0.29) is 11.3 Å². The van der Waals surface area contributed by atoms with Crippen molar-refractivity contribution in [3.63, 3.8) is 0 Å². The Morgan fingerprint density at radius 2 is 2.05 bits per heavy atom. The number of hydrogen-bond donors (Lipinski definition) is 3. The van der Waals surface area contributed by atoms with Crippen LogP contribution in [0.5, 0.6) is 5.75 Å². The van der Waals surface area contributed by atoms with Gasteiger partial charge in [-0.25, -0.2) is 4.39 Å². The van der Waals surface area contributed by atoms with Gasteiger partial charge < -0.3 is 21.5 Å². The number of amides is 1. The first-order chi connectivity index (χ1) is 10.0. The van der Waals surface area contributed by atoms with Gasteiger partial charge in [-0.2, -0.15) is 0 Å². The first-order valence-corrected chi connectivity index (χ1v) is 6.40. The zero-order valence-electron chi connectivity index (χ0n) is 11.5. The number of carbonyl (C=O) groups is 1. The third-order valence-corrected chi connectivity index (χ3v) is 2.82. The number of rotatable bonds is 5. The Hall–Kier alpha value is -2.76. The van der Waals surface area contributed by atoms with E-state index in [1.807, 2.05) is 0 Å². The lowest BCUT2D eigenvalue weighted by molar-refractivity contribution is 0.100. The lowest BCUT2D eigenvalue weighted by atomic mass is 10.1. The van der Waals surface area contributed by atoms with Gasteiger partial charge in [0.1, 0.15) is 0 Å². The van der Waals surface area contributed by atoms with Gasteiger partial charge in [0.15, 0.2) is 11.6 Å². The lowest BCUT2D eigenvalue weighted by Gasteiger charge is -2.12. The van der Waals surface area contributed by atoms with Crippen molar-refractivity contribution in [2.45, 2.75) is 6.92 Å². The second-order valence-corrected chi connectivity index (χ2v) is 4.37. The minimum absolute atomic E-state index is 0.176. The predicted octanol–water partition coefficient (Wildman–Crippen LogP) is 2.65. The summed E-state index contributed by atoms with van der Waals surface area (Å²) < 4.78 is 18.9. The summed E-state index contributed by atoms with van der Waals surface area (Å²) in [6.45, 7) is 2.16. The van der Waals surface area contributed by atoms with Crippen LogP contribution in [0.25, 0.3) is 0 Å². The fourth-order valence-corrected chi connectivity index (χ4v) is 1.88. The molecule has 1 amide bonds. The molecular formula is C15H16FN3O2. The Morgan fingerprint density at radius 3 is 2.67 bits per heavy atom. The summed E-state index contributed by atoms with van der Waals surface area (Å²) in [6, 6.07) is 9.16. The summed E-state index contributed by atoms with van der Waals surface area (Å²) in [5.41, 5.74) is 12.5. The summed E-state index contributed by atoms with van der Waals surface area (Å²) in [5.74, 6) is -0.926. The van der Waals surface area contributed by atoms with Crippen LogP contribution < -0.4 is 21.5 Å². The summed E-state index contributed by atoms with van der Waals surface area (Å²) in [5, 5.41) is 2.94. The van der Waals surface area contributed by atoms with Crippen molar-refractivity contribution < 1.29 is 13.9 Å². The fraction of sp³-hybridized carbons (Fsp3) is 0.133. The summed E-state index contributed by atoms with van der Waals surface area (Å²) in [6.07, 6.45) is 0. The Labute approximate surface area is 121 Å². The molecule has 2 rings (SSSR count). The summed E-state index contributed by atoms with van der Waals surface area (Å²) in [4.78, 5) is 11.4. The maximum absolute atomic E-state index is 13.8. The molecule has 0 fully saturated rings. The molecule has 0 heterocycles. The van der Waals surface area contributed by atoms with E-state index in [1.54, 1.807) is 25.1 Å². The number of carbonyl (C=O) groups excluding carboxylic acids is 1. The van der Waals surface area contributed by atoms with Crippen LogP contribution in [-0.2, 0) is 0 Å². The molecule has 110 valence electrons. The molecule has 2 aromatic rings. The molecule has 0 bridgehead atoms. The van der Waals surface area contributed by atoms with Crippen LogP contribution >= 0.6 is 0 Å². The van der Waals surface area contributed by atoms with Gasteiger partial charge in [-0.15, -0.1) is 0 Å². The van der Waals surface area contributed by atoms with Crippen molar-refractivity contribution in [2.75, 3.05) is 17.7 Å². The minimum Gasteiger partial charge on any atom is -0.491 e. The maximum atomic E-state index is 13.8. The molecule has 0 saturated heterocycles. The second kappa shape index (κ2) is 6.13. The van der Waals surface area contributed by atoms with Crippen molar-refractivity contribution in [1.82, 2.24) is 0 Å². The first-order valence-electron chi connectivity index (χ1n) is 6.40. The van der Waals surface area contributed by atoms with Gasteiger partial charge in [-0.05, 0) is 37.3 Å². The van der Waals surface area contributed by atoms with E-state index in [4.69, 9.17) is 16.2 Å². The first kappa shape index (κ1) is 14.6. The number of anilines is 3. The molecule has 0 aromatic heterocycles. The quantitative estimate of drug-likeness (QED) is 0.738. The molecule has 0 spiro atoms. The van der Waals surface area contributed by atoms with E-state index < -0.39 is 11.7 Å². The summed E-state index contributed by atoms with van der Waals surface area (Å²) in [7, 11) is 0. The number of nitrogens with two attached hydrogens (primary N) is 2. The number of primary amides is 1. The van der Waals surface area contributed by atoms with Crippen LogP contribution in [0.2, 0.25) is 0 Å². The molecule has 0 radical (unpaired) electrons. The number of halogens is 1. The molecule has 0 aliphatic rings. The highest BCUT2D eigenvalue weighted by Crippen LogP contribution is 2.26. The molecule has 0 aliphatic heterocycles. The van der Waals surface area contributed by atoms with Crippen LogP contribution in [0, 0.1) is 5.82 Å². The van der Waals surface area contributed by atoms with E-state index in [2.05, 4.69) is 5.32 Å². The second-order valence-electron chi connectivity index (χ2n) is 4.37. The number of nitrogen functional groups attached to an aromatic ring is 1. The van der Waals surface area contributed by atoms with E-state index >= 15 is 0 Å². The molecule has 0 saturated carbocycles. The molecule has 21 heavy (non-hydrogen) atoms. The van der Waals surface area contributed by atoms with Crippen LogP contribution in [0.3, 0.4) is 0 Å². The molecule has 6 heteroatoms. The monoisotopic (exact) mass is 289 g/mol. The lowest BCUT2D eigenvalue weighted by Crippen LogP contribution is -2.13. The Balaban J connectivity index is 2.30. The third-order valence-electron chi connectivity index (χ3n) is 2.82. The van der Waals surface area contributed by atoms with Gasteiger partial charge in [0, 0.05) is 17.4 Å². The van der Waals surface area contributed by atoms with Crippen LogP contribution in [0.15, 0.2) is 36.4 Å². The number of benzene rings is 2. The van der Waals surface area contributed by atoms with Crippen molar-refractivity contribution >= 4 is 23.0 Å². The molecule has 0 atom stereocenters. The fourth-order valence-electron chi connectivity index (χ4n) is 1.88. The van der Waals surface area contributed by atoms with E-state index in [9.17, 15) is 9.18 Å². The molecule has 2 aromatic carbocycles. The minimum atomic E-state index is -0.615. The topological polar surface area (TPSA) is 90.4 Å². The highest BCUT2D eigenvalue weighted by Gasteiger charge is 2.10. The van der Waals surface area contributed by atoms with Crippen molar-refractivity contribution in [3.8, 4) is 5.75 Å². The number of hydrogen-bond acceptors (Lipinski definition) is 4. The van der Waals surface area contributed by atoms with Crippen molar-refractivity contribution in [3.05, 3.63) is 47.8 Å². The van der Waals surface area contributed by atoms with Crippen LogP contribution in [-0.4, -0.2) is 12.5 Å². The van der Waals surface area contributed by atoms with Crippen molar-refractivity contribution in [2.24, 2.45) is 5.73 Å². The average Bonchev–Trinajstić information content (AvgIpc) is 2.44. The molecule has 0 unspecified atom stereocenters. The molecule has 0 aliphatic carbocycles. The van der Waals surface area contributed by atoms with E-state index in [0.29, 0.717) is 23.7 Å². The summed E-state index contributed by atoms with van der Waals surface area (Å²) >= 11 is 0. The standard InChI is InChI=1S/C15H16FN3O2/c1-2-21-14-6-4-10(8-12(14)16)19-13-5-3-9(17)7-11(13)15(18)20/h3-8,19H,2,17H2,1H3,(H2,18,20). The maximum Gasteiger partial charge on any atom is 0.250 e. The average molecular weight is 289 g/mol. The van der Waals surface area contributed by atoms with Crippen LogP contribution in [0.1, 0.15) is 17.3 Å². The van der Waals surface area contributed by atoms with Gasteiger partial charge in [0.2, 0.25) is 0 Å². The highest BCUT2D eigenvalue weighted by molar-refractivity contribution is 6.00. The predicted molar refractivity (Wildman–Crippen MR) is 80.2 cm³/mol. The smallest absolute Gasteiger partial charge is 0.250 e. The SMILES string of the molecule is CCOc1ccc(Nc2ccc(N)cc2C(N)=O)cc1F.